The van der Waals surface area contributed by atoms with Crippen LogP contribution in [0.3, 0.4) is 0 Å². The van der Waals surface area contributed by atoms with Gasteiger partial charge in [0.05, 0.1) is 20.8 Å². The standard InChI is InChI=1S/C18H25N3O4/c1-4-5-14-17(22)21(18(23)19-14)11-20-7-6-12-8-15(24-2)16(25-3)9-13(12)10-20/h8-9,14H,4-7,10-11H2,1-3H3,(H,19,23)/p+1/t14-/m1/s1. The summed E-state index contributed by atoms with van der Waals surface area (Å²) in [7, 11) is 3.26. The van der Waals surface area contributed by atoms with E-state index in [0.29, 0.717) is 18.8 Å². The molecule has 0 radical (unpaired) electrons. The van der Waals surface area contributed by atoms with Crippen LogP contribution < -0.4 is 19.7 Å². The highest BCUT2D eigenvalue weighted by Gasteiger charge is 2.39. The van der Waals surface area contributed by atoms with Crippen LogP contribution in [0.4, 0.5) is 4.79 Å². The molecule has 2 heterocycles. The first-order valence-corrected chi connectivity index (χ1v) is 8.76. The molecule has 1 unspecified atom stereocenters. The zero-order valence-corrected chi connectivity index (χ0v) is 15.1. The smallest absolute Gasteiger partial charge is 0.329 e. The predicted molar refractivity (Wildman–Crippen MR) is 91.7 cm³/mol. The van der Waals surface area contributed by atoms with E-state index >= 15 is 0 Å². The van der Waals surface area contributed by atoms with Gasteiger partial charge >= 0.3 is 6.03 Å². The number of hydrogen-bond donors (Lipinski definition) is 2. The van der Waals surface area contributed by atoms with Crippen LogP contribution in [0.25, 0.3) is 0 Å². The van der Waals surface area contributed by atoms with Crippen LogP contribution in [0.2, 0.25) is 0 Å². The van der Waals surface area contributed by atoms with E-state index in [-0.39, 0.29) is 18.0 Å². The number of carbonyl (C=O) groups is 2. The number of imide groups is 1. The van der Waals surface area contributed by atoms with Gasteiger partial charge in [0.1, 0.15) is 12.6 Å². The molecule has 25 heavy (non-hydrogen) atoms. The summed E-state index contributed by atoms with van der Waals surface area (Å²) >= 11 is 0. The first-order valence-electron chi connectivity index (χ1n) is 8.76. The Morgan fingerprint density at radius 2 is 1.88 bits per heavy atom. The van der Waals surface area contributed by atoms with Gasteiger partial charge in [-0.3, -0.25) is 4.79 Å². The van der Waals surface area contributed by atoms with Crippen molar-refractivity contribution < 1.29 is 24.0 Å². The fourth-order valence-corrected chi connectivity index (χ4v) is 3.60. The minimum absolute atomic E-state index is 0.0996. The Balaban J connectivity index is 1.71. The summed E-state index contributed by atoms with van der Waals surface area (Å²) in [4.78, 5) is 27.1. The molecule has 0 bridgehead atoms. The number of fused-ring (bicyclic) bond motifs is 1. The molecule has 3 amide bonds. The third-order valence-electron chi connectivity index (χ3n) is 4.96. The van der Waals surface area contributed by atoms with E-state index in [4.69, 9.17) is 9.47 Å². The molecule has 2 atom stereocenters. The third-order valence-corrected chi connectivity index (χ3v) is 4.96. The second-order valence-corrected chi connectivity index (χ2v) is 6.62. The summed E-state index contributed by atoms with van der Waals surface area (Å²) in [5.41, 5.74) is 2.42. The van der Waals surface area contributed by atoms with Crippen LogP contribution in [-0.2, 0) is 17.8 Å². The first-order chi connectivity index (χ1) is 12.1. The summed E-state index contributed by atoms with van der Waals surface area (Å²) in [6, 6.07) is 3.39. The third kappa shape index (κ3) is 3.42. The number of amides is 3. The molecule has 1 fully saturated rings. The van der Waals surface area contributed by atoms with Crippen LogP contribution in [0.1, 0.15) is 30.9 Å². The van der Waals surface area contributed by atoms with E-state index in [1.54, 1.807) is 14.2 Å². The minimum Gasteiger partial charge on any atom is -0.493 e. The van der Waals surface area contributed by atoms with Crippen molar-refractivity contribution in [2.24, 2.45) is 0 Å². The van der Waals surface area contributed by atoms with Gasteiger partial charge in [-0.05, 0) is 24.1 Å². The molecule has 2 aliphatic heterocycles. The van der Waals surface area contributed by atoms with Crippen molar-refractivity contribution in [2.45, 2.75) is 38.8 Å². The number of methoxy groups -OCH3 is 2. The lowest BCUT2D eigenvalue weighted by Crippen LogP contribution is -3.13. The molecule has 0 saturated carbocycles. The van der Waals surface area contributed by atoms with Crippen molar-refractivity contribution in [1.29, 1.82) is 0 Å². The highest BCUT2D eigenvalue weighted by molar-refractivity contribution is 6.03. The van der Waals surface area contributed by atoms with Crippen LogP contribution in [0.15, 0.2) is 12.1 Å². The van der Waals surface area contributed by atoms with Crippen molar-refractivity contribution >= 4 is 11.9 Å². The molecule has 2 aliphatic rings. The fourth-order valence-electron chi connectivity index (χ4n) is 3.60. The van der Waals surface area contributed by atoms with Crippen molar-refractivity contribution in [3.05, 3.63) is 23.3 Å². The maximum absolute atomic E-state index is 12.4. The van der Waals surface area contributed by atoms with E-state index < -0.39 is 0 Å². The Kier molecular flexibility index (Phi) is 5.13. The Bertz CT molecular complexity index is 677. The lowest BCUT2D eigenvalue weighted by atomic mass is 9.99. The number of benzene rings is 1. The lowest BCUT2D eigenvalue weighted by molar-refractivity contribution is -0.923. The summed E-state index contributed by atoms with van der Waals surface area (Å²) in [6.07, 6.45) is 2.44. The lowest BCUT2D eigenvalue weighted by Gasteiger charge is -2.28. The molecule has 0 aromatic heterocycles. The molecule has 0 aliphatic carbocycles. The second-order valence-electron chi connectivity index (χ2n) is 6.62. The summed E-state index contributed by atoms with van der Waals surface area (Å²) in [5.74, 6) is 1.35. The quantitative estimate of drug-likeness (QED) is 0.727. The molecule has 0 spiro atoms. The Morgan fingerprint density at radius 1 is 1.20 bits per heavy atom. The molecular weight excluding hydrogens is 322 g/mol. The molecule has 7 heteroatoms. The van der Waals surface area contributed by atoms with E-state index in [9.17, 15) is 9.59 Å². The van der Waals surface area contributed by atoms with Crippen LogP contribution in [0.5, 0.6) is 11.5 Å². The maximum atomic E-state index is 12.4. The highest BCUT2D eigenvalue weighted by Crippen LogP contribution is 2.31. The van der Waals surface area contributed by atoms with Crippen molar-refractivity contribution in [3.63, 3.8) is 0 Å². The van der Waals surface area contributed by atoms with Crippen LogP contribution in [-0.4, -0.2) is 50.3 Å². The first kappa shape index (κ1) is 17.5. The fraction of sp³-hybridized carbons (Fsp3) is 0.556. The number of rotatable bonds is 6. The number of quaternary nitrogens is 1. The van der Waals surface area contributed by atoms with Gasteiger partial charge in [-0.15, -0.1) is 0 Å². The molecule has 1 saturated heterocycles. The zero-order chi connectivity index (χ0) is 18.0. The Labute approximate surface area is 147 Å². The number of nitrogens with zero attached hydrogens (tertiary/aromatic N) is 1. The van der Waals surface area contributed by atoms with Crippen molar-refractivity contribution in [2.75, 3.05) is 27.4 Å². The molecule has 1 aromatic carbocycles. The van der Waals surface area contributed by atoms with Gasteiger partial charge in [-0.25, -0.2) is 9.69 Å². The molecule has 7 nitrogen and oxygen atoms in total. The van der Waals surface area contributed by atoms with E-state index in [1.807, 2.05) is 19.1 Å². The molecule has 1 aromatic rings. The van der Waals surface area contributed by atoms with E-state index in [1.165, 1.54) is 20.9 Å². The van der Waals surface area contributed by atoms with Gasteiger partial charge < -0.3 is 19.7 Å². The average molecular weight is 348 g/mol. The molecule has 3 rings (SSSR count). The number of carbonyl (C=O) groups excluding carboxylic acids is 2. The van der Waals surface area contributed by atoms with Gasteiger partial charge in [0.15, 0.2) is 18.2 Å². The van der Waals surface area contributed by atoms with Crippen LogP contribution in [0, 0.1) is 0 Å². The summed E-state index contributed by atoms with van der Waals surface area (Å²) in [6.45, 7) is 4.04. The number of ether oxygens (including phenoxy) is 2. The van der Waals surface area contributed by atoms with Gasteiger partial charge in [0.25, 0.3) is 5.91 Å². The second kappa shape index (κ2) is 7.31. The van der Waals surface area contributed by atoms with Crippen molar-refractivity contribution in [1.82, 2.24) is 10.2 Å². The number of urea groups is 1. The minimum atomic E-state index is -0.363. The van der Waals surface area contributed by atoms with Gasteiger partial charge in [-0.1, -0.05) is 13.3 Å². The average Bonchev–Trinajstić information content (AvgIpc) is 2.88. The monoisotopic (exact) mass is 348 g/mol. The van der Waals surface area contributed by atoms with Gasteiger partial charge in [0.2, 0.25) is 0 Å². The molecule has 136 valence electrons. The Hall–Kier alpha value is -2.28. The van der Waals surface area contributed by atoms with E-state index in [0.717, 1.165) is 31.7 Å². The van der Waals surface area contributed by atoms with Gasteiger partial charge in [0, 0.05) is 12.0 Å². The molecule has 2 N–H and O–H groups in total. The molecular formula is C18H26N3O4+. The van der Waals surface area contributed by atoms with Crippen LogP contribution >= 0.6 is 0 Å². The number of nitrogens with one attached hydrogen (secondary N) is 2. The predicted octanol–water partition coefficient (Wildman–Crippen LogP) is 0.323. The number of hydrogen-bond acceptors (Lipinski definition) is 4. The topological polar surface area (TPSA) is 72.3 Å². The summed E-state index contributed by atoms with van der Waals surface area (Å²) < 4.78 is 10.7. The largest absolute Gasteiger partial charge is 0.493 e. The summed E-state index contributed by atoms with van der Waals surface area (Å²) in [5, 5.41) is 2.78. The normalized spacial score (nSPS) is 22.6. The highest BCUT2D eigenvalue weighted by atomic mass is 16.5. The van der Waals surface area contributed by atoms with Crippen molar-refractivity contribution in [3.8, 4) is 11.5 Å². The zero-order valence-electron chi connectivity index (χ0n) is 15.1. The van der Waals surface area contributed by atoms with Gasteiger partial charge in [-0.2, -0.15) is 0 Å². The Morgan fingerprint density at radius 3 is 2.52 bits per heavy atom. The maximum Gasteiger partial charge on any atom is 0.329 e. The van der Waals surface area contributed by atoms with E-state index in [2.05, 4.69) is 5.32 Å². The SMILES string of the molecule is CCC[C@H]1NC(=O)N(C[NH+]2CCc3cc(OC)c(OC)cc3C2)C1=O.